The number of carbonyl (C=O) groups excluding carboxylic acids is 1. The van der Waals surface area contributed by atoms with Crippen LogP contribution in [0.5, 0.6) is 0 Å². The summed E-state index contributed by atoms with van der Waals surface area (Å²) in [5.74, 6) is -0.591. The number of nitrogens with one attached hydrogen (secondary N) is 1. The van der Waals surface area contributed by atoms with Crippen LogP contribution in [0.1, 0.15) is 46.9 Å². The number of fused-ring (bicyclic) bond motifs is 1. The minimum atomic E-state index is -0.471. The van der Waals surface area contributed by atoms with Crippen molar-refractivity contribution in [2.75, 3.05) is 0 Å². The molecule has 0 aliphatic rings. The minimum Gasteiger partial charge on any atom is -0.341 e. The largest absolute Gasteiger partial charge is 0.341 e. The Hall–Kier alpha value is -3.54. The van der Waals surface area contributed by atoms with Crippen molar-refractivity contribution in [2.24, 2.45) is 0 Å². The Morgan fingerprint density at radius 1 is 1.03 bits per heavy atom. The van der Waals surface area contributed by atoms with Crippen LogP contribution in [0.4, 0.5) is 4.39 Å². The highest BCUT2D eigenvalue weighted by molar-refractivity contribution is 5.97. The standard InChI is InChI=1S/C24H23FN4O/c1-3-16-8-10-17(11-9-16)23(18-6-5-7-20(25)14-18)26-24(30)19-12-13-22-21(15-19)27-28-29(22)4-2/h5-15,23H,3-4H2,1-2H3,(H,26,30)/t23-/m0/s1. The van der Waals surface area contributed by atoms with Crippen LogP contribution in [0.3, 0.4) is 0 Å². The average molecular weight is 402 g/mol. The molecule has 4 aromatic rings. The van der Waals surface area contributed by atoms with Gasteiger partial charge in [-0.1, -0.05) is 48.5 Å². The van der Waals surface area contributed by atoms with Crippen molar-refractivity contribution in [1.29, 1.82) is 0 Å². The Labute approximate surface area is 174 Å². The summed E-state index contributed by atoms with van der Waals surface area (Å²) in [6, 6.07) is 19.2. The maximum Gasteiger partial charge on any atom is 0.252 e. The van der Waals surface area contributed by atoms with E-state index in [4.69, 9.17) is 0 Å². The SMILES string of the molecule is CCc1ccc([C@H](NC(=O)c2ccc3c(c2)nnn3CC)c2cccc(F)c2)cc1. The maximum atomic E-state index is 13.9. The van der Waals surface area contributed by atoms with Crippen molar-refractivity contribution < 1.29 is 9.18 Å². The van der Waals surface area contributed by atoms with Gasteiger partial charge in [0.1, 0.15) is 11.3 Å². The zero-order valence-corrected chi connectivity index (χ0v) is 17.0. The summed E-state index contributed by atoms with van der Waals surface area (Å²) < 4.78 is 15.7. The number of aromatic nitrogens is 3. The van der Waals surface area contributed by atoms with Gasteiger partial charge in [0, 0.05) is 12.1 Å². The first-order chi connectivity index (χ1) is 14.6. The lowest BCUT2D eigenvalue weighted by molar-refractivity contribution is 0.0943. The Bertz CT molecular complexity index is 1180. The summed E-state index contributed by atoms with van der Waals surface area (Å²) in [6.07, 6.45) is 0.926. The van der Waals surface area contributed by atoms with Crippen LogP contribution >= 0.6 is 0 Å². The van der Waals surface area contributed by atoms with Gasteiger partial charge >= 0.3 is 0 Å². The molecule has 1 N–H and O–H groups in total. The fourth-order valence-corrected chi connectivity index (χ4v) is 3.55. The second-order valence-corrected chi connectivity index (χ2v) is 7.17. The zero-order valence-electron chi connectivity index (χ0n) is 17.0. The van der Waals surface area contributed by atoms with Crippen molar-refractivity contribution in [2.45, 2.75) is 32.9 Å². The van der Waals surface area contributed by atoms with Crippen molar-refractivity contribution >= 4 is 16.9 Å². The van der Waals surface area contributed by atoms with E-state index >= 15 is 0 Å². The number of hydrogen-bond donors (Lipinski definition) is 1. The van der Waals surface area contributed by atoms with Gasteiger partial charge in [0.05, 0.1) is 11.6 Å². The van der Waals surface area contributed by atoms with E-state index in [9.17, 15) is 9.18 Å². The van der Waals surface area contributed by atoms with E-state index < -0.39 is 6.04 Å². The minimum absolute atomic E-state index is 0.253. The van der Waals surface area contributed by atoms with Crippen LogP contribution in [0.2, 0.25) is 0 Å². The fourth-order valence-electron chi connectivity index (χ4n) is 3.55. The van der Waals surface area contributed by atoms with Gasteiger partial charge in [-0.05, 0) is 60.4 Å². The molecule has 3 aromatic carbocycles. The first-order valence-electron chi connectivity index (χ1n) is 10.1. The van der Waals surface area contributed by atoms with Crippen molar-refractivity contribution in [3.05, 3.63) is 94.8 Å². The molecular formula is C24H23FN4O. The number of aryl methyl sites for hydroxylation is 2. The molecule has 1 atom stereocenters. The highest BCUT2D eigenvalue weighted by Crippen LogP contribution is 2.24. The molecule has 0 saturated heterocycles. The third-order valence-electron chi connectivity index (χ3n) is 5.25. The second kappa shape index (κ2) is 8.45. The number of hydrogen-bond acceptors (Lipinski definition) is 3. The van der Waals surface area contributed by atoms with Crippen LogP contribution < -0.4 is 5.32 Å². The molecule has 0 aliphatic carbocycles. The summed E-state index contributed by atoms with van der Waals surface area (Å²) in [5.41, 5.74) is 4.81. The van der Waals surface area contributed by atoms with Crippen molar-refractivity contribution in [3.8, 4) is 0 Å². The van der Waals surface area contributed by atoms with Crippen LogP contribution in [-0.2, 0) is 13.0 Å². The molecule has 0 unspecified atom stereocenters. The van der Waals surface area contributed by atoms with Crippen LogP contribution in [-0.4, -0.2) is 20.9 Å². The number of halogens is 1. The first kappa shape index (κ1) is 19.8. The Morgan fingerprint density at radius 3 is 2.53 bits per heavy atom. The van der Waals surface area contributed by atoms with E-state index in [-0.39, 0.29) is 11.7 Å². The van der Waals surface area contributed by atoms with E-state index in [0.717, 1.165) is 17.5 Å². The molecular weight excluding hydrogens is 379 g/mol. The van der Waals surface area contributed by atoms with Gasteiger partial charge in [0.25, 0.3) is 5.91 Å². The topological polar surface area (TPSA) is 59.8 Å². The van der Waals surface area contributed by atoms with Crippen LogP contribution in [0.15, 0.2) is 66.7 Å². The molecule has 0 bridgehead atoms. The normalized spacial score (nSPS) is 12.1. The lowest BCUT2D eigenvalue weighted by atomic mass is 9.96. The molecule has 1 heterocycles. The van der Waals surface area contributed by atoms with E-state index in [1.54, 1.807) is 22.9 Å². The molecule has 0 spiro atoms. The summed E-state index contributed by atoms with van der Waals surface area (Å²) in [6.45, 7) is 4.78. The van der Waals surface area contributed by atoms with Crippen LogP contribution in [0.25, 0.3) is 11.0 Å². The molecule has 1 amide bonds. The number of carbonyl (C=O) groups is 1. The molecule has 1 aromatic heterocycles. The summed E-state index contributed by atoms with van der Waals surface area (Å²) in [7, 11) is 0. The van der Waals surface area contributed by atoms with Crippen molar-refractivity contribution in [3.63, 3.8) is 0 Å². The number of nitrogens with zero attached hydrogens (tertiary/aromatic N) is 3. The summed E-state index contributed by atoms with van der Waals surface area (Å²) >= 11 is 0. The number of amides is 1. The molecule has 0 radical (unpaired) electrons. The number of rotatable bonds is 6. The fraction of sp³-hybridized carbons (Fsp3) is 0.208. The summed E-state index contributed by atoms with van der Waals surface area (Å²) in [4.78, 5) is 13.1. The molecule has 4 rings (SSSR count). The molecule has 6 heteroatoms. The van der Waals surface area contributed by atoms with Gasteiger partial charge in [-0.15, -0.1) is 5.10 Å². The third kappa shape index (κ3) is 3.94. The van der Waals surface area contributed by atoms with Gasteiger partial charge < -0.3 is 5.32 Å². The molecule has 30 heavy (non-hydrogen) atoms. The number of benzene rings is 3. The monoisotopic (exact) mass is 402 g/mol. The third-order valence-corrected chi connectivity index (χ3v) is 5.25. The maximum absolute atomic E-state index is 13.9. The zero-order chi connectivity index (χ0) is 21.1. The van der Waals surface area contributed by atoms with Gasteiger partial charge in [-0.3, -0.25) is 4.79 Å². The lowest BCUT2D eigenvalue weighted by Crippen LogP contribution is -2.29. The van der Waals surface area contributed by atoms with Crippen molar-refractivity contribution in [1.82, 2.24) is 20.3 Å². The highest BCUT2D eigenvalue weighted by atomic mass is 19.1. The Morgan fingerprint density at radius 2 is 1.83 bits per heavy atom. The predicted octanol–water partition coefficient (Wildman–Crippen LogP) is 4.67. The van der Waals surface area contributed by atoms with E-state index in [1.165, 1.54) is 17.7 Å². The quantitative estimate of drug-likeness (QED) is 0.510. The molecule has 0 fully saturated rings. The molecule has 0 aliphatic heterocycles. The predicted molar refractivity (Wildman–Crippen MR) is 115 cm³/mol. The van der Waals surface area contributed by atoms with Crippen LogP contribution in [0, 0.1) is 5.82 Å². The Kier molecular flexibility index (Phi) is 5.57. The second-order valence-electron chi connectivity index (χ2n) is 7.17. The van der Waals surface area contributed by atoms with Gasteiger partial charge in [-0.2, -0.15) is 0 Å². The van der Waals surface area contributed by atoms with Gasteiger partial charge in [0.2, 0.25) is 0 Å². The van der Waals surface area contributed by atoms with E-state index in [2.05, 4.69) is 22.6 Å². The first-order valence-corrected chi connectivity index (χ1v) is 10.1. The summed E-state index contributed by atoms with van der Waals surface area (Å²) in [5, 5.41) is 11.3. The van der Waals surface area contributed by atoms with Gasteiger partial charge in [-0.25, -0.2) is 9.07 Å². The Balaban J connectivity index is 1.67. The molecule has 0 saturated carbocycles. The smallest absolute Gasteiger partial charge is 0.252 e. The van der Waals surface area contributed by atoms with E-state index in [1.807, 2.05) is 43.3 Å². The highest BCUT2D eigenvalue weighted by Gasteiger charge is 2.19. The average Bonchev–Trinajstić information content (AvgIpc) is 3.20. The van der Waals surface area contributed by atoms with E-state index in [0.29, 0.717) is 23.2 Å². The van der Waals surface area contributed by atoms with Gasteiger partial charge in [0.15, 0.2) is 0 Å². The molecule has 5 nitrogen and oxygen atoms in total. The molecule has 152 valence electrons. The lowest BCUT2D eigenvalue weighted by Gasteiger charge is -2.20.